The van der Waals surface area contributed by atoms with Crippen molar-refractivity contribution in [1.29, 1.82) is 0 Å². The van der Waals surface area contributed by atoms with Crippen LogP contribution in [0.2, 0.25) is 0 Å². The molecule has 1 aromatic carbocycles. The Morgan fingerprint density at radius 2 is 2.11 bits per heavy atom. The zero-order valence-corrected chi connectivity index (χ0v) is 11.3. The van der Waals surface area contributed by atoms with Crippen LogP contribution < -0.4 is 4.74 Å². The molecule has 0 aliphatic heterocycles. The van der Waals surface area contributed by atoms with E-state index in [0.717, 1.165) is 29.7 Å². The van der Waals surface area contributed by atoms with E-state index >= 15 is 0 Å². The first kappa shape index (κ1) is 13.9. The molecular weight excluding hydrogens is 240 g/mol. The monoisotopic (exact) mass is 260 g/mol. The molecule has 0 radical (unpaired) electrons. The third-order valence-corrected chi connectivity index (χ3v) is 3.39. The smallest absolute Gasteiger partial charge is 0.119 e. The minimum atomic E-state index is -0.130. The van der Waals surface area contributed by atoms with Crippen molar-refractivity contribution >= 4 is 0 Å². The fraction of sp³-hybridized carbons (Fsp3) is 0.500. The molecule has 0 spiro atoms. The van der Waals surface area contributed by atoms with Gasteiger partial charge in [-0.2, -0.15) is 0 Å². The number of rotatable bonds is 4. The molecule has 1 aliphatic rings. The zero-order valence-electron chi connectivity index (χ0n) is 11.3. The lowest BCUT2D eigenvalue weighted by Gasteiger charge is -2.13. The molecule has 0 saturated heterocycles. The summed E-state index contributed by atoms with van der Waals surface area (Å²) in [6, 6.07) is 5.74. The highest BCUT2D eigenvalue weighted by Gasteiger charge is 2.16. The summed E-state index contributed by atoms with van der Waals surface area (Å²) >= 11 is 0. The Hall–Kier alpha value is -1.50. The number of aliphatic hydroxyl groups is 1. The van der Waals surface area contributed by atoms with Crippen molar-refractivity contribution in [2.24, 2.45) is 0 Å². The predicted molar refractivity (Wildman–Crippen MR) is 74.0 cm³/mol. The number of methoxy groups -OCH3 is 1. The second kappa shape index (κ2) is 7.18. The minimum absolute atomic E-state index is 0.130. The van der Waals surface area contributed by atoms with Gasteiger partial charge in [0.05, 0.1) is 19.8 Å². The van der Waals surface area contributed by atoms with Crippen LogP contribution >= 0.6 is 0 Å². The van der Waals surface area contributed by atoms with Crippen LogP contribution in [0.5, 0.6) is 5.75 Å². The van der Waals surface area contributed by atoms with Crippen molar-refractivity contribution < 1.29 is 14.6 Å². The van der Waals surface area contributed by atoms with Crippen LogP contribution in [-0.4, -0.2) is 24.9 Å². The highest BCUT2D eigenvalue weighted by molar-refractivity contribution is 5.45. The average molecular weight is 260 g/mol. The van der Waals surface area contributed by atoms with Gasteiger partial charge in [0.25, 0.3) is 0 Å². The van der Waals surface area contributed by atoms with Crippen LogP contribution in [0.15, 0.2) is 18.2 Å². The molecular formula is C16H20O3. The van der Waals surface area contributed by atoms with Crippen molar-refractivity contribution in [3.63, 3.8) is 0 Å². The maximum absolute atomic E-state index is 8.79. The summed E-state index contributed by atoms with van der Waals surface area (Å²) in [6.07, 6.45) is 5.22. The van der Waals surface area contributed by atoms with Gasteiger partial charge in [0, 0.05) is 5.56 Å². The van der Waals surface area contributed by atoms with Crippen LogP contribution in [0.3, 0.4) is 0 Å². The Bertz CT molecular complexity index is 465. The fourth-order valence-corrected chi connectivity index (χ4v) is 2.34. The van der Waals surface area contributed by atoms with Gasteiger partial charge in [-0.05, 0) is 36.6 Å². The Morgan fingerprint density at radius 1 is 1.32 bits per heavy atom. The van der Waals surface area contributed by atoms with Crippen LogP contribution in [0.4, 0.5) is 0 Å². The summed E-state index contributed by atoms with van der Waals surface area (Å²) in [7, 11) is 1.65. The molecule has 2 rings (SSSR count). The van der Waals surface area contributed by atoms with E-state index in [-0.39, 0.29) is 6.61 Å². The Morgan fingerprint density at radius 3 is 2.79 bits per heavy atom. The van der Waals surface area contributed by atoms with Crippen molar-refractivity contribution in [3.05, 3.63) is 29.3 Å². The molecule has 0 heterocycles. The summed E-state index contributed by atoms with van der Waals surface area (Å²) in [5.41, 5.74) is 1.92. The summed E-state index contributed by atoms with van der Waals surface area (Å²) in [5.74, 6) is 6.44. The first-order valence-electron chi connectivity index (χ1n) is 6.71. The summed E-state index contributed by atoms with van der Waals surface area (Å²) < 4.78 is 11.2. The lowest BCUT2D eigenvalue weighted by Crippen LogP contribution is -2.08. The van der Waals surface area contributed by atoms with Crippen molar-refractivity contribution in [2.75, 3.05) is 13.7 Å². The molecule has 0 bridgehead atoms. The van der Waals surface area contributed by atoms with E-state index in [1.165, 1.54) is 12.8 Å². The summed E-state index contributed by atoms with van der Waals surface area (Å²) in [4.78, 5) is 0. The van der Waals surface area contributed by atoms with Crippen LogP contribution in [0.25, 0.3) is 0 Å². The minimum Gasteiger partial charge on any atom is -0.497 e. The maximum atomic E-state index is 8.79. The first-order chi connectivity index (χ1) is 9.33. The van der Waals surface area contributed by atoms with Crippen LogP contribution in [0.1, 0.15) is 36.8 Å². The molecule has 0 atom stereocenters. The predicted octanol–water partition coefficient (Wildman–Crippen LogP) is 2.50. The van der Waals surface area contributed by atoms with Gasteiger partial charge < -0.3 is 14.6 Å². The van der Waals surface area contributed by atoms with Gasteiger partial charge in [-0.15, -0.1) is 0 Å². The standard InChI is InChI=1S/C16H20O3/c1-18-16-9-8-13(5-4-10-17)14(11-16)12-19-15-6-2-3-7-15/h8-9,11,15,17H,2-3,6-7,10,12H2,1H3. The van der Waals surface area contributed by atoms with Crippen LogP contribution in [-0.2, 0) is 11.3 Å². The zero-order chi connectivity index (χ0) is 13.5. The Balaban J connectivity index is 2.09. The number of aliphatic hydroxyl groups excluding tert-OH is 1. The number of hydrogen-bond donors (Lipinski definition) is 1. The Labute approximate surface area is 114 Å². The van der Waals surface area contributed by atoms with Crippen LogP contribution in [0, 0.1) is 11.8 Å². The maximum Gasteiger partial charge on any atom is 0.119 e. The normalized spacial score (nSPS) is 15.1. The molecule has 102 valence electrons. The third-order valence-electron chi connectivity index (χ3n) is 3.39. The summed E-state index contributed by atoms with van der Waals surface area (Å²) in [5, 5.41) is 8.79. The Kier molecular flexibility index (Phi) is 5.26. The molecule has 0 aromatic heterocycles. The van der Waals surface area contributed by atoms with Crippen molar-refractivity contribution in [3.8, 4) is 17.6 Å². The summed E-state index contributed by atoms with van der Waals surface area (Å²) in [6.45, 7) is 0.423. The van der Waals surface area contributed by atoms with Crippen molar-refractivity contribution in [2.45, 2.75) is 38.4 Å². The lowest BCUT2D eigenvalue weighted by atomic mass is 10.1. The number of hydrogen-bond acceptors (Lipinski definition) is 3. The largest absolute Gasteiger partial charge is 0.497 e. The van der Waals surface area contributed by atoms with Gasteiger partial charge in [0.1, 0.15) is 12.4 Å². The first-order valence-corrected chi connectivity index (χ1v) is 6.71. The molecule has 0 unspecified atom stereocenters. The van der Waals surface area contributed by atoms with Gasteiger partial charge >= 0.3 is 0 Å². The van der Waals surface area contributed by atoms with E-state index in [4.69, 9.17) is 14.6 Å². The van der Waals surface area contributed by atoms with Gasteiger partial charge in [0.15, 0.2) is 0 Å². The average Bonchev–Trinajstić information content (AvgIpc) is 2.96. The van der Waals surface area contributed by atoms with E-state index < -0.39 is 0 Å². The highest BCUT2D eigenvalue weighted by Crippen LogP contribution is 2.24. The quantitative estimate of drug-likeness (QED) is 0.845. The SMILES string of the molecule is COc1ccc(C#CCO)c(COC2CCCC2)c1. The van der Waals surface area contributed by atoms with E-state index in [1.54, 1.807) is 7.11 Å². The lowest BCUT2D eigenvalue weighted by molar-refractivity contribution is 0.0455. The highest BCUT2D eigenvalue weighted by atomic mass is 16.5. The fourth-order valence-electron chi connectivity index (χ4n) is 2.34. The van der Waals surface area contributed by atoms with E-state index in [9.17, 15) is 0 Å². The van der Waals surface area contributed by atoms with Crippen molar-refractivity contribution in [1.82, 2.24) is 0 Å². The van der Waals surface area contributed by atoms with Gasteiger partial charge in [-0.3, -0.25) is 0 Å². The molecule has 0 amide bonds. The number of ether oxygens (including phenoxy) is 2. The topological polar surface area (TPSA) is 38.7 Å². The van der Waals surface area contributed by atoms with E-state index in [2.05, 4.69) is 11.8 Å². The molecule has 19 heavy (non-hydrogen) atoms. The van der Waals surface area contributed by atoms with Gasteiger partial charge in [0.2, 0.25) is 0 Å². The number of benzene rings is 1. The molecule has 1 saturated carbocycles. The molecule has 1 fully saturated rings. The second-order valence-corrected chi connectivity index (χ2v) is 4.70. The molecule has 3 heteroatoms. The molecule has 3 nitrogen and oxygen atoms in total. The van der Waals surface area contributed by atoms with E-state index in [1.807, 2.05) is 18.2 Å². The molecule has 1 aromatic rings. The molecule has 1 N–H and O–H groups in total. The second-order valence-electron chi connectivity index (χ2n) is 4.70. The molecule has 1 aliphatic carbocycles. The third kappa shape index (κ3) is 3.99. The van der Waals surface area contributed by atoms with E-state index in [0.29, 0.717) is 12.7 Å². The van der Waals surface area contributed by atoms with Gasteiger partial charge in [-0.25, -0.2) is 0 Å². The van der Waals surface area contributed by atoms with Gasteiger partial charge in [-0.1, -0.05) is 24.7 Å².